The molecule has 0 fully saturated rings. The lowest BCUT2D eigenvalue weighted by Crippen LogP contribution is -2.05. The maximum absolute atomic E-state index is 10.6. The van der Waals surface area contributed by atoms with Gasteiger partial charge in [-0.05, 0) is 37.6 Å². The maximum atomic E-state index is 10.6. The number of hydrogen-bond donors (Lipinski definition) is 1. The van der Waals surface area contributed by atoms with Gasteiger partial charge in [-0.3, -0.25) is 4.79 Å². The van der Waals surface area contributed by atoms with Crippen molar-refractivity contribution in [2.24, 2.45) is 0 Å². The van der Waals surface area contributed by atoms with E-state index >= 15 is 0 Å². The molecule has 0 spiro atoms. The van der Waals surface area contributed by atoms with Crippen molar-refractivity contribution in [2.45, 2.75) is 38.9 Å². The first-order chi connectivity index (χ1) is 13.0. The van der Waals surface area contributed by atoms with Gasteiger partial charge < -0.3 is 14.6 Å². The number of carboxylic acids is 1. The molecule has 0 radical (unpaired) electrons. The van der Waals surface area contributed by atoms with E-state index in [1.165, 1.54) is 0 Å². The highest BCUT2D eigenvalue weighted by atomic mass is 16.5. The molecule has 2 atom stereocenters. The minimum absolute atomic E-state index is 0.180. The molecule has 1 N–H and O–H groups in total. The number of fused-ring (bicyclic) bond motifs is 2. The second kappa shape index (κ2) is 8.08. The van der Waals surface area contributed by atoms with Crippen molar-refractivity contribution in [3.05, 3.63) is 64.7 Å². The third kappa shape index (κ3) is 4.37. The number of ether oxygens (including phenoxy) is 2. The van der Waals surface area contributed by atoms with Crippen molar-refractivity contribution in [3.63, 3.8) is 0 Å². The monoisotopic (exact) mass is 366 g/mol. The summed E-state index contributed by atoms with van der Waals surface area (Å²) >= 11 is 0. The van der Waals surface area contributed by atoms with Crippen LogP contribution in [0, 0.1) is 0 Å². The third-order valence-corrected chi connectivity index (χ3v) is 4.51. The summed E-state index contributed by atoms with van der Waals surface area (Å²) in [6.07, 6.45) is 5.74. The predicted octanol–water partition coefficient (Wildman–Crippen LogP) is 3.93. The van der Waals surface area contributed by atoms with Crippen molar-refractivity contribution in [1.29, 1.82) is 0 Å². The van der Waals surface area contributed by atoms with Crippen LogP contribution >= 0.6 is 0 Å². The first-order valence-electron chi connectivity index (χ1n) is 8.91. The second-order valence-corrected chi connectivity index (χ2v) is 6.70. The lowest BCUT2D eigenvalue weighted by Gasteiger charge is -2.02. The van der Waals surface area contributed by atoms with Crippen molar-refractivity contribution >= 4 is 18.3 Å². The van der Waals surface area contributed by atoms with Crippen molar-refractivity contribution in [3.8, 4) is 11.5 Å². The Balaban J connectivity index is 0.000000159. The molecule has 5 nitrogen and oxygen atoms in total. The largest absolute Gasteiger partial charge is 0.490 e. The van der Waals surface area contributed by atoms with Crippen LogP contribution in [0.5, 0.6) is 11.5 Å². The minimum Gasteiger partial charge on any atom is -0.490 e. The van der Waals surface area contributed by atoms with E-state index in [0.29, 0.717) is 0 Å². The number of carbonyl (C=O) groups is 2. The van der Waals surface area contributed by atoms with Crippen LogP contribution in [0.25, 0.3) is 6.08 Å². The molecule has 140 valence electrons. The van der Waals surface area contributed by atoms with Gasteiger partial charge in [0.05, 0.1) is 0 Å². The highest BCUT2D eigenvalue weighted by Crippen LogP contribution is 2.32. The number of aliphatic carboxylic acids is 1. The molecule has 2 unspecified atom stereocenters. The lowest BCUT2D eigenvalue weighted by molar-refractivity contribution is -0.131. The van der Waals surface area contributed by atoms with Gasteiger partial charge in [0.1, 0.15) is 30.0 Å². The highest BCUT2D eigenvalue weighted by molar-refractivity contribution is 5.85. The predicted molar refractivity (Wildman–Crippen MR) is 103 cm³/mol. The number of aldehydes is 1. The van der Waals surface area contributed by atoms with Crippen LogP contribution < -0.4 is 9.47 Å². The smallest absolute Gasteiger partial charge is 0.328 e. The molecular weight excluding hydrogens is 344 g/mol. The molecular formula is C22H22O5. The molecule has 2 heterocycles. The Morgan fingerprint density at radius 3 is 2.00 bits per heavy atom. The molecule has 0 saturated carbocycles. The fourth-order valence-electron chi connectivity index (χ4n) is 3.34. The van der Waals surface area contributed by atoms with E-state index < -0.39 is 5.97 Å². The first-order valence-corrected chi connectivity index (χ1v) is 8.91. The minimum atomic E-state index is -0.931. The zero-order valence-corrected chi connectivity index (χ0v) is 15.3. The quantitative estimate of drug-likeness (QED) is 0.658. The molecule has 0 saturated heterocycles. The SMILES string of the molecule is CC1Cc2c(C=CC(=O)O)cccc2O1.CC1Cc2c(C=O)cccc2O1. The molecule has 2 aliphatic rings. The standard InChI is InChI=1S/C12H12O3.C10H10O2/c1-8-7-10-9(5-6-12(13)14)3-2-4-11(10)15-8;1-7-5-9-8(6-11)3-2-4-10(9)12-7/h2-6,8H,7H2,1H3,(H,13,14);2-4,6-7H,5H2,1H3. The van der Waals surface area contributed by atoms with Crippen LogP contribution in [0.3, 0.4) is 0 Å². The van der Waals surface area contributed by atoms with E-state index in [0.717, 1.165) is 59.0 Å². The molecule has 0 aliphatic carbocycles. The molecule has 0 bridgehead atoms. The van der Waals surface area contributed by atoms with Crippen LogP contribution in [0.4, 0.5) is 0 Å². The Morgan fingerprint density at radius 2 is 1.48 bits per heavy atom. The summed E-state index contributed by atoms with van der Waals surface area (Å²) in [5, 5.41) is 8.56. The van der Waals surface area contributed by atoms with Crippen LogP contribution in [-0.4, -0.2) is 29.6 Å². The average Bonchev–Trinajstić information content (AvgIpc) is 3.20. The Bertz CT molecular complexity index is 884. The molecule has 27 heavy (non-hydrogen) atoms. The van der Waals surface area contributed by atoms with Crippen molar-refractivity contribution in [1.82, 2.24) is 0 Å². The number of rotatable bonds is 3. The second-order valence-electron chi connectivity index (χ2n) is 6.70. The summed E-state index contributed by atoms with van der Waals surface area (Å²) in [4.78, 5) is 21.0. The van der Waals surface area contributed by atoms with Crippen molar-refractivity contribution in [2.75, 3.05) is 0 Å². The van der Waals surface area contributed by atoms with E-state index in [9.17, 15) is 9.59 Å². The Kier molecular flexibility index (Phi) is 5.60. The molecule has 0 aromatic heterocycles. The van der Waals surface area contributed by atoms with E-state index in [2.05, 4.69) is 0 Å². The molecule has 4 rings (SSSR count). The van der Waals surface area contributed by atoms with Gasteiger partial charge in [0.15, 0.2) is 0 Å². The van der Waals surface area contributed by atoms with Gasteiger partial charge in [-0.15, -0.1) is 0 Å². The Labute approximate surface area is 158 Å². The Morgan fingerprint density at radius 1 is 0.963 bits per heavy atom. The summed E-state index contributed by atoms with van der Waals surface area (Å²) in [6, 6.07) is 11.3. The molecule has 5 heteroatoms. The van der Waals surface area contributed by atoms with Crippen LogP contribution in [0.1, 0.15) is 40.9 Å². The maximum Gasteiger partial charge on any atom is 0.328 e. The molecule has 2 aliphatic heterocycles. The van der Waals surface area contributed by atoms with E-state index in [4.69, 9.17) is 14.6 Å². The van der Waals surface area contributed by atoms with Crippen LogP contribution in [-0.2, 0) is 17.6 Å². The first kappa shape index (κ1) is 18.7. The molecule has 0 amide bonds. The number of benzene rings is 2. The van der Waals surface area contributed by atoms with Gasteiger partial charge in [-0.1, -0.05) is 24.3 Å². The topological polar surface area (TPSA) is 72.8 Å². The molecule has 2 aromatic carbocycles. The summed E-state index contributed by atoms with van der Waals surface area (Å²) in [5.74, 6) is 0.807. The zero-order chi connectivity index (χ0) is 19.4. The van der Waals surface area contributed by atoms with E-state index in [1.807, 2.05) is 50.2 Å². The van der Waals surface area contributed by atoms with Gasteiger partial charge in [0.25, 0.3) is 0 Å². The number of carboxylic acid groups (broad SMARTS) is 1. The fourth-order valence-corrected chi connectivity index (χ4v) is 3.34. The van der Waals surface area contributed by atoms with Gasteiger partial charge in [-0.2, -0.15) is 0 Å². The highest BCUT2D eigenvalue weighted by Gasteiger charge is 2.21. The summed E-state index contributed by atoms with van der Waals surface area (Å²) < 4.78 is 11.1. The number of carbonyl (C=O) groups excluding carboxylic acids is 1. The van der Waals surface area contributed by atoms with E-state index in [1.54, 1.807) is 6.08 Å². The van der Waals surface area contributed by atoms with Gasteiger partial charge in [0.2, 0.25) is 0 Å². The third-order valence-electron chi connectivity index (χ3n) is 4.51. The van der Waals surface area contributed by atoms with Crippen molar-refractivity contribution < 1.29 is 24.2 Å². The van der Waals surface area contributed by atoms with E-state index in [-0.39, 0.29) is 12.2 Å². The molecule has 2 aromatic rings. The van der Waals surface area contributed by atoms with Gasteiger partial charge in [0, 0.05) is 35.6 Å². The normalized spacial score (nSPS) is 19.3. The average molecular weight is 366 g/mol. The van der Waals surface area contributed by atoms with Crippen LogP contribution in [0.15, 0.2) is 42.5 Å². The number of hydrogen-bond acceptors (Lipinski definition) is 4. The lowest BCUT2D eigenvalue weighted by atomic mass is 10.0. The van der Waals surface area contributed by atoms with Gasteiger partial charge in [-0.25, -0.2) is 4.79 Å². The Hall–Kier alpha value is -3.08. The summed E-state index contributed by atoms with van der Waals surface area (Å²) in [6.45, 7) is 4.01. The summed E-state index contributed by atoms with van der Waals surface area (Å²) in [5.41, 5.74) is 3.85. The van der Waals surface area contributed by atoms with Crippen LogP contribution in [0.2, 0.25) is 0 Å². The summed E-state index contributed by atoms with van der Waals surface area (Å²) in [7, 11) is 0. The fraction of sp³-hybridized carbons (Fsp3) is 0.273. The van der Waals surface area contributed by atoms with Gasteiger partial charge >= 0.3 is 5.97 Å². The zero-order valence-electron chi connectivity index (χ0n) is 15.3.